The third-order valence-corrected chi connectivity index (χ3v) is 2.82. The highest BCUT2D eigenvalue weighted by atomic mass is 35.5. The van der Waals surface area contributed by atoms with Gasteiger partial charge in [0.1, 0.15) is 11.6 Å². The van der Waals surface area contributed by atoms with Crippen molar-refractivity contribution < 1.29 is 17.9 Å². The second-order valence-corrected chi connectivity index (χ2v) is 4.65. The van der Waals surface area contributed by atoms with E-state index in [-0.39, 0.29) is 5.82 Å². The van der Waals surface area contributed by atoms with Gasteiger partial charge in [-0.25, -0.2) is 9.97 Å². The third-order valence-electron chi connectivity index (χ3n) is 2.41. The van der Waals surface area contributed by atoms with Crippen molar-refractivity contribution in [3.05, 3.63) is 40.3 Å². The summed E-state index contributed by atoms with van der Waals surface area (Å²) in [7, 11) is 1.42. The largest absolute Gasteiger partial charge is 0.495 e. The maximum Gasteiger partial charge on any atom is 0.433 e. The highest BCUT2D eigenvalue weighted by molar-refractivity contribution is 6.31. The third kappa shape index (κ3) is 3.89. The van der Waals surface area contributed by atoms with E-state index < -0.39 is 17.2 Å². The normalized spacial score (nSPS) is 11.3. The van der Waals surface area contributed by atoms with Crippen LogP contribution in [0.3, 0.4) is 0 Å². The van der Waals surface area contributed by atoms with Crippen LogP contribution in [-0.2, 0) is 6.18 Å². The van der Waals surface area contributed by atoms with Crippen molar-refractivity contribution in [3.8, 4) is 5.75 Å². The minimum atomic E-state index is -4.62. The topological polar surface area (TPSA) is 47.0 Å². The molecular weight excluding hydrogens is 330 g/mol. The van der Waals surface area contributed by atoms with Crippen LogP contribution >= 0.6 is 23.2 Å². The molecule has 2 rings (SSSR count). The number of hydrogen-bond acceptors (Lipinski definition) is 4. The summed E-state index contributed by atoms with van der Waals surface area (Å²) in [6.07, 6.45) is -4.62. The smallest absolute Gasteiger partial charge is 0.433 e. The van der Waals surface area contributed by atoms with Crippen molar-refractivity contribution in [2.45, 2.75) is 6.18 Å². The van der Waals surface area contributed by atoms with Crippen LogP contribution in [0.15, 0.2) is 24.3 Å². The SMILES string of the molecule is COc1ccc(Cl)cc1Nc1cc(C(F)(F)F)nc(Cl)n1. The number of benzene rings is 1. The van der Waals surface area contributed by atoms with Crippen molar-refractivity contribution in [1.29, 1.82) is 0 Å². The molecule has 112 valence electrons. The Labute approximate surface area is 127 Å². The molecule has 4 nitrogen and oxygen atoms in total. The molecule has 1 aromatic carbocycles. The van der Waals surface area contributed by atoms with E-state index in [9.17, 15) is 13.2 Å². The van der Waals surface area contributed by atoms with E-state index in [2.05, 4.69) is 15.3 Å². The van der Waals surface area contributed by atoms with Gasteiger partial charge in [-0.3, -0.25) is 0 Å². The second-order valence-electron chi connectivity index (χ2n) is 3.87. The Morgan fingerprint density at radius 3 is 2.48 bits per heavy atom. The number of alkyl halides is 3. The summed E-state index contributed by atoms with van der Waals surface area (Å²) in [5.41, 5.74) is -0.793. The molecule has 0 saturated heterocycles. The molecule has 0 unspecified atom stereocenters. The van der Waals surface area contributed by atoms with Gasteiger partial charge in [0.25, 0.3) is 0 Å². The molecule has 0 aliphatic rings. The lowest BCUT2D eigenvalue weighted by Gasteiger charge is -2.12. The summed E-state index contributed by atoms with van der Waals surface area (Å²) in [5, 5.41) is 2.54. The maximum atomic E-state index is 12.7. The van der Waals surface area contributed by atoms with Gasteiger partial charge in [0.15, 0.2) is 5.69 Å². The summed E-state index contributed by atoms with van der Waals surface area (Å²) in [6.45, 7) is 0. The molecule has 9 heteroatoms. The first-order valence-electron chi connectivity index (χ1n) is 5.52. The lowest BCUT2D eigenvalue weighted by atomic mass is 10.3. The average Bonchev–Trinajstić information content (AvgIpc) is 2.37. The van der Waals surface area contributed by atoms with Gasteiger partial charge in [0, 0.05) is 11.1 Å². The lowest BCUT2D eigenvalue weighted by molar-refractivity contribution is -0.141. The number of methoxy groups -OCH3 is 1. The Hall–Kier alpha value is -1.73. The monoisotopic (exact) mass is 337 g/mol. The predicted molar refractivity (Wildman–Crippen MR) is 73.3 cm³/mol. The van der Waals surface area contributed by atoms with Gasteiger partial charge in [0.2, 0.25) is 5.28 Å². The van der Waals surface area contributed by atoms with Gasteiger partial charge in [0.05, 0.1) is 12.8 Å². The molecule has 0 saturated carbocycles. The number of nitrogens with zero attached hydrogens (tertiary/aromatic N) is 2. The molecule has 1 heterocycles. The minimum Gasteiger partial charge on any atom is -0.495 e. The molecule has 0 fully saturated rings. The Balaban J connectivity index is 2.40. The summed E-state index contributed by atoms with van der Waals surface area (Å²) in [6, 6.07) is 5.38. The van der Waals surface area contributed by atoms with E-state index in [1.807, 2.05) is 0 Å². The molecule has 0 aliphatic heterocycles. The highest BCUT2D eigenvalue weighted by Crippen LogP contribution is 2.33. The van der Waals surface area contributed by atoms with Gasteiger partial charge in [-0.05, 0) is 29.8 Å². The quantitative estimate of drug-likeness (QED) is 0.834. The first-order valence-corrected chi connectivity index (χ1v) is 6.27. The summed E-state index contributed by atoms with van der Waals surface area (Å²) in [5.74, 6) is 0.269. The molecule has 21 heavy (non-hydrogen) atoms. The molecular formula is C12H8Cl2F3N3O. The molecule has 0 atom stereocenters. The van der Waals surface area contributed by atoms with Gasteiger partial charge in [-0.2, -0.15) is 13.2 Å². The minimum absolute atomic E-state index is 0.122. The van der Waals surface area contributed by atoms with Crippen molar-refractivity contribution >= 4 is 34.7 Å². The molecule has 0 spiro atoms. The first-order chi connectivity index (χ1) is 9.79. The fraction of sp³-hybridized carbons (Fsp3) is 0.167. The predicted octanol–water partition coefficient (Wildman–Crippen LogP) is 4.55. The van der Waals surface area contributed by atoms with Crippen LogP contribution in [0.25, 0.3) is 0 Å². The van der Waals surface area contributed by atoms with Crippen LogP contribution in [0.1, 0.15) is 5.69 Å². The van der Waals surface area contributed by atoms with E-state index in [4.69, 9.17) is 27.9 Å². The van der Waals surface area contributed by atoms with E-state index in [0.29, 0.717) is 16.5 Å². The summed E-state index contributed by atoms with van der Waals surface area (Å²) >= 11 is 11.3. The Kier molecular flexibility index (Phi) is 4.43. The van der Waals surface area contributed by atoms with Crippen LogP contribution in [0.4, 0.5) is 24.7 Å². The van der Waals surface area contributed by atoms with Crippen molar-refractivity contribution in [3.63, 3.8) is 0 Å². The number of halogens is 5. The van der Waals surface area contributed by atoms with Crippen molar-refractivity contribution in [1.82, 2.24) is 9.97 Å². The molecule has 0 bridgehead atoms. The standard InChI is InChI=1S/C12H8Cl2F3N3O/c1-21-8-3-2-6(13)4-7(8)18-10-5-9(12(15,16)17)19-11(14)20-10/h2-5H,1H3,(H,18,19,20). The van der Waals surface area contributed by atoms with E-state index in [1.54, 1.807) is 12.1 Å². The van der Waals surface area contributed by atoms with Gasteiger partial charge >= 0.3 is 6.18 Å². The number of rotatable bonds is 3. The Morgan fingerprint density at radius 2 is 1.86 bits per heavy atom. The second kappa shape index (κ2) is 5.95. The first kappa shape index (κ1) is 15.7. The number of hydrogen-bond donors (Lipinski definition) is 1. The fourth-order valence-electron chi connectivity index (χ4n) is 1.54. The van der Waals surface area contributed by atoms with Gasteiger partial charge in [-0.1, -0.05) is 11.6 Å². The molecule has 0 aliphatic carbocycles. The van der Waals surface area contributed by atoms with Crippen LogP contribution < -0.4 is 10.1 Å². The molecule has 2 aromatic rings. The molecule has 1 N–H and O–H groups in total. The number of aromatic nitrogens is 2. The average molecular weight is 338 g/mol. The highest BCUT2D eigenvalue weighted by Gasteiger charge is 2.33. The van der Waals surface area contributed by atoms with Crippen molar-refractivity contribution in [2.24, 2.45) is 0 Å². The van der Waals surface area contributed by atoms with Crippen molar-refractivity contribution in [2.75, 3.05) is 12.4 Å². The lowest BCUT2D eigenvalue weighted by Crippen LogP contribution is -2.10. The summed E-state index contributed by atoms with van der Waals surface area (Å²) in [4.78, 5) is 6.83. The van der Waals surface area contributed by atoms with Gasteiger partial charge in [-0.15, -0.1) is 0 Å². The van der Waals surface area contributed by atoms with Gasteiger partial charge < -0.3 is 10.1 Å². The Morgan fingerprint density at radius 1 is 1.14 bits per heavy atom. The molecule has 1 aromatic heterocycles. The summed E-state index contributed by atoms with van der Waals surface area (Å²) < 4.78 is 43.1. The number of nitrogens with one attached hydrogen (secondary N) is 1. The zero-order valence-corrected chi connectivity index (χ0v) is 12.0. The zero-order valence-electron chi connectivity index (χ0n) is 10.5. The van der Waals surface area contributed by atoms with Crippen LogP contribution in [0, 0.1) is 0 Å². The zero-order chi connectivity index (χ0) is 15.6. The molecule has 0 amide bonds. The maximum absolute atomic E-state index is 12.7. The van der Waals surface area contributed by atoms with E-state index in [0.717, 1.165) is 6.07 Å². The van der Waals surface area contributed by atoms with E-state index in [1.165, 1.54) is 13.2 Å². The number of anilines is 2. The van der Waals surface area contributed by atoms with Crippen LogP contribution in [0.2, 0.25) is 10.3 Å². The van der Waals surface area contributed by atoms with Crippen LogP contribution in [-0.4, -0.2) is 17.1 Å². The van der Waals surface area contributed by atoms with Crippen LogP contribution in [0.5, 0.6) is 5.75 Å². The van der Waals surface area contributed by atoms with E-state index >= 15 is 0 Å². The fourth-order valence-corrected chi connectivity index (χ4v) is 1.90. The molecule has 0 radical (unpaired) electrons. The number of ether oxygens (including phenoxy) is 1. The Bertz CT molecular complexity index is 665.